The molecule has 10 heteroatoms. The molecule has 0 saturated heterocycles. The summed E-state index contributed by atoms with van der Waals surface area (Å²) < 4.78 is 41.4. The monoisotopic (exact) mass is 499 g/mol. The Kier molecular flexibility index (Phi) is 6.72. The molecule has 4 rings (SSSR count). The number of ketones is 1. The van der Waals surface area contributed by atoms with Crippen LogP contribution in [-0.2, 0) is 16.6 Å². The molecule has 1 N–H and O–H groups in total. The predicted molar refractivity (Wildman–Crippen MR) is 132 cm³/mol. The van der Waals surface area contributed by atoms with E-state index in [1.807, 2.05) is 26.8 Å². The van der Waals surface area contributed by atoms with Crippen LogP contribution in [0.15, 0.2) is 63.1 Å². The average Bonchev–Trinajstić information content (AvgIpc) is 3.36. The molecule has 4 aromatic rings. The number of ether oxygens (including phenoxy) is 1. The Morgan fingerprint density at radius 2 is 1.94 bits per heavy atom. The number of oxazole rings is 1. The molecule has 0 saturated carbocycles. The highest BCUT2D eigenvalue weighted by molar-refractivity contribution is 7.99. The lowest BCUT2D eigenvalue weighted by molar-refractivity contribution is 0.102. The second-order valence-corrected chi connectivity index (χ2v) is 10.3. The normalized spacial score (nSPS) is 11.6. The second kappa shape index (κ2) is 9.55. The number of thioether (sulfide) groups is 1. The predicted octanol–water partition coefficient (Wildman–Crippen LogP) is 5.05. The first kappa shape index (κ1) is 23.9. The SMILES string of the molecule is CCn1c(C)cc(C(=O)CSc2nc3cc(S(=O)(=O)Nc4ccccc4OC)ccc3o2)c1C. The van der Waals surface area contributed by atoms with E-state index in [0.717, 1.165) is 17.9 Å². The first-order valence-corrected chi connectivity index (χ1v) is 13.1. The van der Waals surface area contributed by atoms with Crippen LogP contribution in [0.3, 0.4) is 0 Å². The summed E-state index contributed by atoms with van der Waals surface area (Å²) in [6.07, 6.45) is 0. The number of rotatable bonds is 9. The van der Waals surface area contributed by atoms with E-state index in [2.05, 4.69) is 14.3 Å². The summed E-state index contributed by atoms with van der Waals surface area (Å²) in [5, 5.41) is 0.305. The highest BCUT2D eigenvalue weighted by Gasteiger charge is 2.20. The number of fused-ring (bicyclic) bond motifs is 1. The maximum absolute atomic E-state index is 12.9. The molecule has 178 valence electrons. The van der Waals surface area contributed by atoms with Gasteiger partial charge in [-0.3, -0.25) is 9.52 Å². The van der Waals surface area contributed by atoms with Crippen LogP contribution in [0.2, 0.25) is 0 Å². The zero-order valence-electron chi connectivity index (χ0n) is 19.3. The molecule has 0 aliphatic heterocycles. The number of anilines is 1. The maximum atomic E-state index is 12.9. The average molecular weight is 500 g/mol. The first-order valence-electron chi connectivity index (χ1n) is 10.6. The van der Waals surface area contributed by atoms with E-state index in [-0.39, 0.29) is 16.4 Å². The number of aryl methyl sites for hydroxylation is 1. The fourth-order valence-electron chi connectivity index (χ4n) is 3.82. The van der Waals surface area contributed by atoms with Crippen LogP contribution in [0.5, 0.6) is 5.75 Å². The minimum atomic E-state index is -3.87. The van der Waals surface area contributed by atoms with Crippen LogP contribution < -0.4 is 9.46 Å². The summed E-state index contributed by atoms with van der Waals surface area (Å²) in [7, 11) is -2.40. The van der Waals surface area contributed by atoms with E-state index in [9.17, 15) is 13.2 Å². The van der Waals surface area contributed by atoms with E-state index in [4.69, 9.17) is 9.15 Å². The summed E-state index contributed by atoms with van der Waals surface area (Å²) in [6.45, 7) is 6.77. The van der Waals surface area contributed by atoms with E-state index < -0.39 is 10.0 Å². The molecule has 0 aliphatic carbocycles. The molecule has 2 aromatic heterocycles. The van der Waals surface area contributed by atoms with Gasteiger partial charge in [0.05, 0.1) is 23.4 Å². The van der Waals surface area contributed by atoms with Crippen molar-refractivity contribution in [1.29, 1.82) is 0 Å². The Morgan fingerprint density at radius 3 is 2.65 bits per heavy atom. The number of benzene rings is 2. The van der Waals surface area contributed by atoms with Crippen molar-refractivity contribution < 1.29 is 22.4 Å². The molecule has 0 spiro atoms. The molecule has 0 atom stereocenters. The maximum Gasteiger partial charge on any atom is 0.262 e. The summed E-state index contributed by atoms with van der Waals surface area (Å²) in [4.78, 5) is 17.2. The third kappa shape index (κ3) is 4.69. The van der Waals surface area contributed by atoms with E-state index in [1.54, 1.807) is 30.3 Å². The standard InChI is InChI=1S/C24H25N3O5S2/c1-5-27-15(2)12-18(16(27)3)21(28)14-33-24-25-20-13-17(10-11-23(20)32-24)34(29,30)26-19-8-6-7-9-22(19)31-4/h6-13,26H,5,14H2,1-4H3. The number of aromatic nitrogens is 2. The van der Waals surface area contributed by atoms with Crippen molar-refractivity contribution in [3.63, 3.8) is 0 Å². The molecule has 0 unspecified atom stereocenters. The number of nitrogens with one attached hydrogen (secondary N) is 1. The van der Waals surface area contributed by atoms with Crippen molar-refractivity contribution in [3.05, 3.63) is 65.5 Å². The number of sulfonamides is 1. The van der Waals surface area contributed by atoms with Crippen LogP contribution in [0, 0.1) is 13.8 Å². The van der Waals surface area contributed by atoms with Crippen molar-refractivity contribution in [3.8, 4) is 5.75 Å². The minimum Gasteiger partial charge on any atom is -0.495 e. The second-order valence-electron chi connectivity index (χ2n) is 7.66. The Bertz CT molecular complexity index is 1470. The third-order valence-electron chi connectivity index (χ3n) is 5.52. The molecule has 2 heterocycles. The Balaban J connectivity index is 1.51. The zero-order chi connectivity index (χ0) is 24.5. The van der Waals surface area contributed by atoms with Crippen molar-refractivity contribution in [2.45, 2.75) is 37.4 Å². The van der Waals surface area contributed by atoms with Crippen molar-refractivity contribution in [1.82, 2.24) is 9.55 Å². The highest BCUT2D eigenvalue weighted by Crippen LogP contribution is 2.29. The molecule has 0 amide bonds. The van der Waals surface area contributed by atoms with Gasteiger partial charge in [0.2, 0.25) is 0 Å². The minimum absolute atomic E-state index is 0.00988. The molecule has 0 radical (unpaired) electrons. The van der Waals surface area contributed by atoms with Crippen molar-refractivity contribution >= 4 is 44.4 Å². The number of carbonyl (C=O) groups is 1. The molecule has 8 nitrogen and oxygen atoms in total. The molecule has 2 aromatic carbocycles. The Labute approximate surface area is 202 Å². The fraction of sp³-hybridized carbons (Fsp3) is 0.250. The van der Waals surface area contributed by atoms with Gasteiger partial charge in [0.1, 0.15) is 11.3 Å². The van der Waals surface area contributed by atoms with Gasteiger partial charge in [-0.2, -0.15) is 0 Å². The summed E-state index contributed by atoms with van der Waals surface area (Å²) >= 11 is 1.18. The van der Waals surface area contributed by atoms with Gasteiger partial charge in [0.25, 0.3) is 15.2 Å². The van der Waals surface area contributed by atoms with E-state index in [0.29, 0.717) is 33.3 Å². The Morgan fingerprint density at radius 1 is 1.18 bits per heavy atom. The third-order valence-corrected chi connectivity index (χ3v) is 7.71. The van der Waals surface area contributed by atoms with Crippen molar-refractivity contribution in [2.24, 2.45) is 0 Å². The van der Waals surface area contributed by atoms with Gasteiger partial charge in [-0.15, -0.1) is 0 Å². The number of hydrogen-bond donors (Lipinski definition) is 1. The largest absolute Gasteiger partial charge is 0.495 e. The van der Waals surface area contributed by atoms with Gasteiger partial charge in [-0.1, -0.05) is 23.9 Å². The van der Waals surface area contributed by atoms with Crippen LogP contribution in [-0.4, -0.2) is 36.6 Å². The summed E-state index contributed by atoms with van der Waals surface area (Å²) in [5.41, 5.74) is 3.85. The van der Waals surface area contributed by atoms with Crippen LogP contribution in [0.1, 0.15) is 28.7 Å². The smallest absolute Gasteiger partial charge is 0.262 e. The van der Waals surface area contributed by atoms with Crippen LogP contribution >= 0.6 is 11.8 Å². The van der Waals surface area contributed by atoms with E-state index in [1.165, 1.54) is 31.0 Å². The molecule has 0 bridgehead atoms. The van der Waals surface area contributed by atoms with Crippen molar-refractivity contribution in [2.75, 3.05) is 17.6 Å². The summed E-state index contributed by atoms with van der Waals surface area (Å²) in [6, 6.07) is 13.1. The molecule has 0 fully saturated rings. The fourth-order valence-corrected chi connectivity index (χ4v) is 5.63. The van der Waals surface area contributed by atoms with Gasteiger partial charge in [0.15, 0.2) is 11.4 Å². The topological polar surface area (TPSA) is 103 Å². The van der Waals surface area contributed by atoms with Gasteiger partial charge in [0, 0.05) is 23.5 Å². The molecule has 34 heavy (non-hydrogen) atoms. The number of hydrogen-bond acceptors (Lipinski definition) is 7. The lowest BCUT2D eigenvalue weighted by Gasteiger charge is -2.11. The lowest BCUT2D eigenvalue weighted by Crippen LogP contribution is -2.13. The van der Waals surface area contributed by atoms with Crippen LogP contribution in [0.25, 0.3) is 11.1 Å². The number of Topliss-reactive ketones (excluding diaryl/α,β-unsaturated/α-hetero) is 1. The molecular formula is C24H25N3O5S2. The zero-order valence-corrected chi connectivity index (χ0v) is 20.9. The van der Waals surface area contributed by atoms with Gasteiger partial charge >= 0.3 is 0 Å². The van der Waals surface area contributed by atoms with E-state index >= 15 is 0 Å². The highest BCUT2D eigenvalue weighted by atomic mass is 32.2. The number of methoxy groups -OCH3 is 1. The molecular weight excluding hydrogens is 474 g/mol. The number of nitrogens with zero attached hydrogens (tertiary/aromatic N) is 2. The lowest BCUT2D eigenvalue weighted by atomic mass is 10.2. The Hall–Kier alpha value is -3.24. The number of carbonyl (C=O) groups excluding carboxylic acids is 1. The van der Waals surface area contributed by atoms with Crippen LogP contribution in [0.4, 0.5) is 5.69 Å². The first-order chi connectivity index (χ1) is 16.2. The van der Waals surface area contributed by atoms with Gasteiger partial charge < -0.3 is 13.7 Å². The number of para-hydroxylation sites is 2. The molecule has 0 aliphatic rings. The van der Waals surface area contributed by atoms with Gasteiger partial charge in [-0.05, 0) is 57.2 Å². The van der Waals surface area contributed by atoms with Gasteiger partial charge in [-0.25, -0.2) is 13.4 Å². The quantitative estimate of drug-likeness (QED) is 0.254. The summed E-state index contributed by atoms with van der Waals surface area (Å²) in [5.74, 6) is 0.572.